The fourth-order valence-electron chi connectivity index (χ4n) is 4.77. The van der Waals surface area contributed by atoms with Crippen molar-refractivity contribution in [2.24, 2.45) is 0 Å². The Hall–Kier alpha value is -3.98. The normalized spacial score (nSPS) is 13.3. The Kier molecular flexibility index (Phi) is 8.36. The standard InChI is InChI=1S/C30H32N4O4S/c1-37-23-12-14-26(27(18-23)38-2)31-28(35)20-39-30-32-25-13-11-22(33-15-7-4-8-16-33)17-24(25)29(36)34(30)19-21-9-5-3-6-10-21/h3,5-6,9-14,17-18H,4,7-8,15-16,19-20H2,1-2H3,(H,31,35). The number of piperidine rings is 1. The minimum atomic E-state index is -0.232. The van der Waals surface area contributed by atoms with Gasteiger partial charge in [0.05, 0.1) is 43.1 Å². The highest BCUT2D eigenvalue weighted by molar-refractivity contribution is 7.99. The zero-order valence-corrected chi connectivity index (χ0v) is 23.0. The lowest BCUT2D eigenvalue weighted by atomic mass is 10.1. The molecule has 1 N–H and O–H groups in total. The Balaban J connectivity index is 1.43. The number of ether oxygens (including phenoxy) is 2. The Morgan fingerprint density at radius 3 is 2.51 bits per heavy atom. The van der Waals surface area contributed by atoms with Crippen LogP contribution in [0.4, 0.5) is 11.4 Å². The molecule has 39 heavy (non-hydrogen) atoms. The maximum absolute atomic E-state index is 13.8. The van der Waals surface area contributed by atoms with E-state index in [1.54, 1.807) is 29.9 Å². The minimum absolute atomic E-state index is 0.0772. The summed E-state index contributed by atoms with van der Waals surface area (Å²) in [6.07, 6.45) is 3.57. The predicted octanol–water partition coefficient (Wildman–Crippen LogP) is 5.18. The van der Waals surface area contributed by atoms with Gasteiger partial charge in [-0.1, -0.05) is 42.1 Å². The molecule has 0 atom stereocenters. The van der Waals surface area contributed by atoms with Gasteiger partial charge in [0.1, 0.15) is 11.5 Å². The van der Waals surface area contributed by atoms with Crippen molar-refractivity contribution in [1.82, 2.24) is 9.55 Å². The number of nitrogens with zero attached hydrogens (tertiary/aromatic N) is 3. The van der Waals surface area contributed by atoms with Crippen molar-refractivity contribution < 1.29 is 14.3 Å². The van der Waals surface area contributed by atoms with Gasteiger partial charge in [0.25, 0.3) is 5.56 Å². The highest BCUT2D eigenvalue weighted by Crippen LogP contribution is 2.30. The summed E-state index contributed by atoms with van der Waals surface area (Å²) in [7, 11) is 3.11. The summed E-state index contributed by atoms with van der Waals surface area (Å²) >= 11 is 1.24. The number of carbonyl (C=O) groups excluding carboxylic acids is 1. The van der Waals surface area contributed by atoms with E-state index in [1.807, 2.05) is 48.5 Å². The van der Waals surface area contributed by atoms with Gasteiger partial charge in [-0.15, -0.1) is 0 Å². The van der Waals surface area contributed by atoms with Crippen molar-refractivity contribution in [2.45, 2.75) is 31.0 Å². The molecule has 0 bridgehead atoms. The molecule has 0 radical (unpaired) electrons. The van der Waals surface area contributed by atoms with Crippen molar-refractivity contribution in [2.75, 3.05) is 43.3 Å². The average molecular weight is 545 g/mol. The van der Waals surface area contributed by atoms with E-state index in [0.717, 1.165) is 37.2 Å². The summed E-state index contributed by atoms with van der Waals surface area (Å²) < 4.78 is 12.3. The molecule has 1 aliphatic rings. The van der Waals surface area contributed by atoms with Crippen molar-refractivity contribution in [3.63, 3.8) is 0 Å². The molecule has 0 aliphatic carbocycles. The largest absolute Gasteiger partial charge is 0.497 e. The number of anilines is 2. The molecule has 2 heterocycles. The first-order valence-corrected chi connectivity index (χ1v) is 14.0. The molecule has 8 nitrogen and oxygen atoms in total. The molecular formula is C30H32N4O4S. The number of nitrogens with one attached hydrogen (secondary N) is 1. The van der Waals surface area contributed by atoms with Crippen LogP contribution in [0.1, 0.15) is 24.8 Å². The van der Waals surface area contributed by atoms with Gasteiger partial charge in [-0.2, -0.15) is 0 Å². The molecule has 0 saturated carbocycles. The monoisotopic (exact) mass is 544 g/mol. The lowest BCUT2D eigenvalue weighted by Gasteiger charge is -2.29. The van der Waals surface area contributed by atoms with Crippen LogP contribution in [0.25, 0.3) is 10.9 Å². The molecule has 1 aliphatic heterocycles. The Labute approximate surface area is 232 Å². The highest BCUT2D eigenvalue weighted by Gasteiger charge is 2.17. The molecule has 9 heteroatoms. The molecule has 1 fully saturated rings. The van der Waals surface area contributed by atoms with E-state index in [2.05, 4.69) is 10.2 Å². The second-order valence-electron chi connectivity index (χ2n) is 9.42. The number of rotatable bonds is 9. The maximum atomic E-state index is 13.8. The summed E-state index contributed by atoms with van der Waals surface area (Å²) in [6, 6.07) is 20.9. The van der Waals surface area contributed by atoms with Crippen LogP contribution in [0.3, 0.4) is 0 Å². The minimum Gasteiger partial charge on any atom is -0.497 e. The number of fused-ring (bicyclic) bond motifs is 1. The van der Waals surface area contributed by atoms with Gasteiger partial charge in [0, 0.05) is 24.8 Å². The van der Waals surface area contributed by atoms with E-state index in [4.69, 9.17) is 14.5 Å². The molecule has 4 aromatic rings. The van der Waals surface area contributed by atoms with E-state index < -0.39 is 0 Å². The average Bonchev–Trinajstić information content (AvgIpc) is 2.98. The SMILES string of the molecule is COc1ccc(NC(=O)CSc2nc3ccc(N4CCCCC4)cc3c(=O)n2Cc2ccccc2)c(OC)c1. The summed E-state index contributed by atoms with van der Waals surface area (Å²) in [4.78, 5) is 33.9. The van der Waals surface area contributed by atoms with E-state index in [9.17, 15) is 9.59 Å². The number of aromatic nitrogens is 2. The van der Waals surface area contributed by atoms with E-state index in [-0.39, 0.29) is 17.2 Å². The van der Waals surface area contributed by atoms with Crippen molar-refractivity contribution in [3.8, 4) is 11.5 Å². The quantitative estimate of drug-likeness (QED) is 0.229. The summed E-state index contributed by atoms with van der Waals surface area (Å²) in [6.45, 7) is 2.37. The number of carbonyl (C=O) groups is 1. The van der Waals surface area contributed by atoms with Gasteiger partial charge in [0.2, 0.25) is 5.91 Å². The molecule has 202 valence electrons. The molecule has 3 aromatic carbocycles. The van der Waals surface area contributed by atoms with Gasteiger partial charge >= 0.3 is 0 Å². The third kappa shape index (κ3) is 6.20. The fraction of sp³-hybridized carbons (Fsp3) is 0.300. The first-order chi connectivity index (χ1) is 19.1. The van der Waals surface area contributed by atoms with E-state index in [0.29, 0.717) is 39.8 Å². The number of hydrogen-bond donors (Lipinski definition) is 1. The van der Waals surface area contributed by atoms with Gasteiger partial charge in [-0.05, 0) is 55.2 Å². The Bertz CT molecular complexity index is 1520. The van der Waals surface area contributed by atoms with Crippen molar-refractivity contribution in [3.05, 3.63) is 82.6 Å². The van der Waals surface area contributed by atoms with Crippen LogP contribution in [0.5, 0.6) is 11.5 Å². The topological polar surface area (TPSA) is 85.7 Å². The number of benzene rings is 3. The van der Waals surface area contributed by atoms with Gasteiger partial charge in [-0.25, -0.2) is 4.98 Å². The summed E-state index contributed by atoms with van der Waals surface area (Å²) in [5, 5.41) is 3.97. The number of methoxy groups -OCH3 is 2. The second kappa shape index (κ2) is 12.3. The Morgan fingerprint density at radius 1 is 0.974 bits per heavy atom. The molecule has 1 saturated heterocycles. The van der Waals surface area contributed by atoms with Crippen LogP contribution < -0.4 is 25.2 Å². The smallest absolute Gasteiger partial charge is 0.262 e. The van der Waals surface area contributed by atoms with Crippen molar-refractivity contribution >= 4 is 39.9 Å². The lowest BCUT2D eigenvalue weighted by molar-refractivity contribution is -0.113. The third-order valence-electron chi connectivity index (χ3n) is 6.82. The second-order valence-corrected chi connectivity index (χ2v) is 10.4. The lowest BCUT2D eigenvalue weighted by Crippen LogP contribution is -2.30. The van der Waals surface area contributed by atoms with Crippen LogP contribution in [0, 0.1) is 0 Å². The van der Waals surface area contributed by atoms with Crippen LogP contribution >= 0.6 is 11.8 Å². The summed E-state index contributed by atoms with van der Waals surface area (Å²) in [5.74, 6) is 0.979. The maximum Gasteiger partial charge on any atom is 0.262 e. The summed E-state index contributed by atoms with van der Waals surface area (Å²) in [5.41, 5.74) is 3.11. The molecule has 0 unspecified atom stereocenters. The van der Waals surface area contributed by atoms with Gasteiger partial charge in [-0.3, -0.25) is 14.2 Å². The number of amides is 1. The Morgan fingerprint density at radius 2 is 1.77 bits per heavy atom. The number of hydrogen-bond acceptors (Lipinski definition) is 7. The van der Waals surface area contributed by atoms with E-state index in [1.165, 1.54) is 25.3 Å². The van der Waals surface area contributed by atoms with Crippen LogP contribution in [-0.4, -0.2) is 48.5 Å². The first kappa shape index (κ1) is 26.6. The zero-order chi connectivity index (χ0) is 27.2. The van der Waals surface area contributed by atoms with Crippen LogP contribution in [0.15, 0.2) is 76.7 Å². The molecule has 1 aromatic heterocycles. The zero-order valence-electron chi connectivity index (χ0n) is 22.2. The fourth-order valence-corrected chi connectivity index (χ4v) is 5.57. The number of thioether (sulfide) groups is 1. The van der Waals surface area contributed by atoms with E-state index >= 15 is 0 Å². The van der Waals surface area contributed by atoms with Crippen LogP contribution in [-0.2, 0) is 11.3 Å². The van der Waals surface area contributed by atoms with Crippen molar-refractivity contribution in [1.29, 1.82) is 0 Å². The molecule has 5 rings (SSSR count). The molecule has 0 spiro atoms. The first-order valence-electron chi connectivity index (χ1n) is 13.0. The van der Waals surface area contributed by atoms with Gasteiger partial charge < -0.3 is 19.7 Å². The molecule has 1 amide bonds. The highest BCUT2D eigenvalue weighted by atomic mass is 32.2. The third-order valence-corrected chi connectivity index (χ3v) is 7.80. The predicted molar refractivity (Wildman–Crippen MR) is 157 cm³/mol. The van der Waals surface area contributed by atoms with Crippen LogP contribution in [0.2, 0.25) is 0 Å². The molecular weight excluding hydrogens is 512 g/mol. The van der Waals surface area contributed by atoms with Gasteiger partial charge in [0.15, 0.2) is 5.16 Å².